The lowest BCUT2D eigenvalue weighted by atomic mass is 10.1. The van der Waals surface area contributed by atoms with Crippen molar-refractivity contribution in [3.05, 3.63) is 34.3 Å². The van der Waals surface area contributed by atoms with E-state index in [0.717, 1.165) is 5.56 Å². The van der Waals surface area contributed by atoms with Crippen molar-refractivity contribution in [3.8, 4) is 0 Å². The summed E-state index contributed by atoms with van der Waals surface area (Å²) in [7, 11) is 0. The van der Waals surface area contributed by atoms with Crippen LogP contribution in [0.3, 0.4) is 0 Å². The Morgan fingerprint density at radius 1 is 1.50 bits per heavy atom. The van der Waals surface area contributed by atoms with E-state index in [1.54, 1.807) is 32.0 Å². The number of benzene rings is 1. The summed E-state index contributed by atoms with van der Waals surface area (Å²) >= 11 is 5.93. The molecule has 0 atom stereocenters. The monoisotopic (exact) mass is 241 g/mol. The highest BCUT2D eigenvalue weighted by Crippen LogP contribution is 2.17. The number of aliphatic hydroxyl groups excluding tert-OH is 1. The largest absolute Gasteiger partial charge is 0.394 e. The van der Waals surface area contributed by atoms with Crippen molar-refractivity contribution in [1.82, 2.24) is 5.32 Å². The number of halogens is 1. The molecule has 0 radical (unpaired) electrons. The Morgan fingerprint density at radius 3 is 2.62 bits per heavy atom. The van der Waals surface area contributed by atoms with E-state index in [0.29, 0.717) is 10.6 Å². The Balaban J connectivity index is 2.85. The molecule has 16 heavy (non-hydrogen) atoms. The van der Waals surface area contributed by atoms with Crippen molar-refractivity contribution in [2.75, 3.05) is 6.61 Å². The number of aliphatic hydroxyl groups is 1. The van der Waals surface area contributed by atoms with Crippen LogP contribution in [0.15, 0.2) is 18.2 Å². The molecule has 0 bridgehead atoms. The molecule has 1 aromatic rings. The fraction of sp³-hybridized carbons (Fsp3) is 0.417. The maximum absolute atomic E-state index is 11.8. The Hall–Kier alpha value is -1.06. The van der Waals surface area contributed by atoms with Gasteiger partial charge in [-0.15, -0.1) is 0 Å². The number of amides is 1. The molecule has 1 rings (SSSR count). The second-order valence-corrected chi connectivity index (χ2v) is 4.87. The number of rotatable bonds is 3. The number of carbonyl (C=O) groups excluding carboxylic acids is 1. The summed E-state index contributed by atoms with van der Waals surface area (Å²) in [6.45, 7) is 5.27. The second kappa shape index (κ2) is 4.85. The molecule has 2 N–H and O–H groups in total. The van der Waals surface area contributed by atoms with Gasteiger partial charge in [0.25, 0.3) is 5.91 Å². The van der Waals surface area contributed by atoms with Gasteiger partial charge in [0.15, 0.2) is 0 Å². The molecule has 0 unspecified atom stereocenters. The third kappa shape index (κ3) is 3.22. The van der Waals surface area contributed by atoms with Gasteiger partial charge in [-0.05, 0) is 38.5 Å². The molecule has 1 amide bonds. The van der Waals surface area contributed by atoms with Crippen LogP contribution in [0.4, 0.5) is 0 Å². The predicted molar refractivity (Wildman–Crippen MR) is 64.8 cm³/mol. The van der Waals surface area contributed by atoms with Gasteiger partial charge in [-0.3, -0.25) is 4.79 Å². The molecular weight excluding hydrogens is 226 g/mol. The molecule has 4 heteroatoms. The number of carbonyl (C=O) groups is 1. The van der Waals surface area contributed by atoms with Gasteiger partial charge in [0, 0.05) is 10.6 Å². The van der Waals surface area contributed by atoms with E-state index in [-0.39, 0.29) is 12.5 Å². The van der Waals surface area contributed by atoms with Crippen molar-refractivity contribution < 1.29 is 9.90 Å². The van der Waals surface area contributed by atoms with E-state index in [4.69, 9.17) is 16.7 Å². The smallest absolute Gasteiger partial charge is 0.251 e. The van der Waals surface area contributed by atoms with Crippen LogP contribution in [0.2, 0.25) is 5.02 Å². The van der Waals surface area contributed by atoms with E-state index in [2.05, 4.69) is 5.32 Å². The topological polar surface area (TPSA) is 49.3 Å². The van der Waals surface area contributed by atoms with E-state index in [1.807, 2.05) is 6.92 Å². The minimum Gasteiger partial charge on any atom is -0.394 e. The molecule has 0 fully saturated rings. The van der Waals surface area contributed by atoms with Crippen molar-refractivity contribution in [2.45, 2.75) is 26.3 Å². The van der Waals surface area contributed by atoms with Crippen LogP contribution in [0.5, 0.6) is 0 Å². The lowest BCUT2D eigenvalue weighted by Gasteiger charge is -2.23. The molecule has 0 aromatic heterocycles. The zero-order valence-electron chi connectivity index (χ0n) is 9.67. The van der Waals surface area contributed by atoms with E-state index in [1.165, 1.54) is 0 Å². The zero-order valence-corrected chi connectivity index (χ0v) is 10.4. The highest BCUT2D eigenvalue weighted by Gasteiger charge is 2.20. The standard InChI is InChI=1S/C12H16ClNO2/c1-8-4-5-9(6-10(8)13)11(16)14-12(2,3)7-15/h4-6,15H,7H2,1-3H3,(H,14,16). The van der Waals surface area contributed by atoms with Crippen molar-refractivity contribution in [2.24, 2.45) is 0 Å². The minimum atomic E-state index is -0.631. The molecule has 0 saturated heterocycles. The van der Waals surface area contributed by atoms with Crippen molar-refractivity contribution >= 4 is 17.5 Å². The summed E-state index contributed by atoms with van der Waals surface area (Å²) in [4.78, 5) is 11.8. The first-order valence-corrected chi connectivity index (χ1v) is 5.43. The van der Waals surface area contributed by atoms with Crippen LogP contribution < -0.4 is 5.32 Å². The Morgan fingerprint density at radius 2 is 2.12 bits per heavy atom. The highest BCUT2D eigenvalue weighted by molar-refractivity contribution is 6.31. The lowest BCUT2D eigenvalue weighted by Crippen LogP contribution is -2.46. The van der Waals surface area contributed by atoms with Gasteiger partial charge in [-0.25, -0.2) is 0 Å². The van der Waals surface area contributed by atoms with Crippen LogP contribution in [0.25, 0.3) is 0 Å². The molecule has 88 valence electrons. The quantitative estimate of drug-likeness (QED) is 0.852. The van der Waals surface area contributed by atoms with Gasteiger partial charge in [0.05, 0.1) is 12.1 Å². The minimum absolute atomic E-state index is 0.113. The molecule has 0 aliphatic carbocycles. The number of hydrogen-bond acceptors (Lipinski definition) is 2. The van der Waals surface area contributed by atoms with Crippen LogP contribution in [-0.2, 0) is 0 Å². The summed E-state index contributed by atoms with van der Waals surface area (Å²) in [5.41, 5.74) is 0.797. The predicted octanol–water partition coefficient (Wildman–Crippen LogP) is 2.15. The van der Waals surface area contributed by atoms with E-state index >= 15 is 0 Å². The van der Waals surface area contributed by atoms with Crippen LogP contribution in [0.1, 0.15) is 29.8 Å². The fourth-order valence-electron chi connectivity index (χ4n) is 1.15. The van der Waals surface area contributed by atoms with Gasteiger partial charge in [0.2, 0.25) is 0 Å². The first-order valence-electron chi connectivity index (χ1n) is 5.05. The van der Waals surface area contributed by atoms with E-state index < -0.39 is 5.54 Å². The number of aryl methyl sites for hydroxylation is 1. The highest BCUT2D eigenvalue weighted by atomic mass is 35.5. The molecule has 0 heterocycles. The third-order valence-electron chi connectivity index (χ3n) is 2.28. The summed E-state index contributed by atoms with van der Waals surface area (Å²) in [5.74, 6) is -0.235. The fourth-order valence-corrected chi connectivity index (χ4v) is 1.33. The molecule has 0 spiro atoms. The SMILES string of the molecule is Cc1ccc(C(=O)NC(C)(C)CO)cc1Cl. The number of nitrogens with one attached hydrogen (secondary N) is 1. The molecule has 0 aliphatic heterocycles. The normalized spacial score (nSPS) is 11.3. The summed E-state index contributed by atoms with van der Waals surface area (Å²) in [5, 5.41) is 12.3. The van der Waals surface area contributed by atoms with Gasteiger partial charge in [-0.1, -0.05) is 17.7 Å². The zero-order chi connectivity index (χ0) is 12.3. The van der Waals surface area contributed by atoms with Crippen molar-refractivity contribution in [3.63, 3.8) is 0 Å². The molecule has 0 saturated carbocycles. The van der Waals surface area contributed by atoms with Crippen LogP contribution in [-0.4, -0.2) is 23.2 Å². The average Bonchev–Trinajstić information content (AvgIpc) is 2.21. The first kappa shape index (κ1) is 13.0. The third-order valence-corrected chi connectivity index (χ3v) is 2.69. The maximum atomic E-state index is 11.8. The first-order chi connectivity index (χ1) is 7.35. The Bertz CT molecular complexity index is 402. The van der Waals surface area contributed by atoms with E-state index in [9.17, 15) is 4.79 Å². The summed E-state index contributed by atoms with van der Waals surface area (Å²) in [6, 6.07) is 5.13. The Kier molecular flexibility index (Phi) is 3.94. The molecule has 1 aromatic carbocycles. The van der Waals surface area contributed by atoms with Gasteiger partial charge in [-0.2, -0.15) is 0 Å². The van der Waals surface area contributed by atoms with Gasteiger partial charge < -0.3 is 10.4 Å². The average molecular weight is 242 g/mol. The summed E-state index contributed by atoms with van der Waals surface area (Å²) in [6.07, 6.45) is 0. The van der Waals surface area contributed by atoms with Gasteiger partial charge in [0.1, 0.15) is 0 Å². The van der Waals surface area contributed by atoms with Crippen LogP contribution in [0, 0.1) is 6.92 Å². The van der Waals surface area contributed by atoms with Crippen LogP contribution >= 0.6 is 11.6 Å². The second-order valence-electron chi connectivity index (χ2n) is 4.46. The molecule has 3 nitrogen and oxygen atoms in total. The summed E-state index contributed by atoms with van der Waals surface area (Å²) < 4.78 is 0. The number of hydrogen-bond donors (Lipinski definition) is 2. The van der Waals surface area contributed by atoms with Crippen molar-refractivity contribution in [1.29, 1.82) is 0 Å². The maximum Gasteiger partial charge on any atom is 0.251 e. The lowest BCUT2D eigenvalue weighted by molar-refractivity contribution is 0.0869. The molecular formula is C12H16ClNO2. The molecule has 0 aliphatic rings. The van der Waals surface area contributed by atoms with Gasteiger partial charge >= 0.3 is 0 Å². The Labute approximate surface area is 100 Å².